The minimum Gasteiger partial charge on any atom is -0.458 e. The smallest absolute Gasteiger partial charge is 0.331 e. The third kappa shape index (κ3) is 5.44. The third-order valence-corrected chi connectivity index (χ3v) is 3.63. The number of hydroxylamine groups is 2. The highest BCUT2D eigenvalue weighted by atomic mass is 16.7. The van der Waals surface area contributed by atoms with Gasteiger partial charge in [0.05, 0.1) is 12.5 Å². The first-order chi connectivity index (χ1) is 10.8. The van der Waals surface area contributed by atoms with Gasteiger partial charge in [-0.1, -0.05) is 0 Å². The Kier molecular flexibility index (Phi) is 6.00. The van der Waals surface area contributed by atoms with Crippen molar-refractivity contribution in [2.45, 2.75) is 77.4 Å². The van der Waals surface area contributed by atoms with Crippen molar-refractivity contribution >= 4 is 11.9 Å². The molecule has 0 aromatic carbocycles. The molecule has 0 aromatic rings. The zero-order valence-electron chi connectivity index (χ0n) is 14.4. The molecule has 2 fully saturated rings. The summed E-state index contributed by atoms with van der Waals surface area (Å²) in [6.07, 6.45) is 2.51. The van der Waals surface area contributed by atoms with E-state index in [1.807, 2.05) is 0 Å². The van der Waals surface area contributed by atoms with Crippen LogP contribution in [0.3, 0.4) is 0 Å². The topological polar surface area (TPSA) is 74.3 Å². The van der Waals surface area contributed by atoms with Gasteiger partial charge in [0, 0.05) is 6.61 Å². The Bertz CT molecular complexity index is 427. The van der Waals surface area contributed by atoms with Gasteiger partial charge in [-0.3, -0.25) is 9.63 Å². The van der Waals surface area contributed by atoms with Crippen LogP contribution in [-0.4, -0.2) is 54.2 Å². The zero-order chi connectivity index (χ0) is 17.0. The Hall–Kier alpha value is -1.18. The molecular formula is C16H27NO6. The van der Waals surface area contributed by atoms with Crippen molar-refractivity contribution in [3.8, 4) is 0 Å². The number of ether oxygens (including phenoxy) is 3. The highest BCUT2D eigenvalue weighted by Crippen LogP contribution is 2.21. The van der Waals surface area contributed by atoms with Crippen LogP contribution < -0.4 is 0 Å². The van der Waals surface area contributed by atoms with E-state index in [2.05, 4.69) is 0 Å². The molecule has 3 atom stereocenters. The summed E-state index contributed by atoms with van der Waals surface area (Å²) in [5, 5.41) is 1.09. The molecule has 0 aromatic heterocycles. The van der Waals surface area contributed by atoms with Gasteiger partial charge >= 0.3 is 5.97 Å². The van der Waals surface area contributed by atoms with Gasteiger partial charge in [-0.05, 0) is 47.0 Å². The number of rotatable bonds is 4. The molecular weight excluding hydrogens is 302 g/mol. The number of carbonyl (C=O) groups excluding carboxylic acids is 2. The Morgan fingerprint density at radius 3 is 2.65 bits per heavy atom. The second kappa shape index (κ2) is 7.59. The van der Waals surface area contributed by atoms with Crippen LogP contribution in [0.4, 0.5) is 0 Å². The maximum atomic E-state index is 12.2. The van der Waals surface area contributed by atoms with Crippen LogP contribution >= 0.6 is 0 Å². The summed E-state index contributed by atoms with van der Waals surface area (Å²) in [5.41, 5.74) is -0.603. The van der Waals surface area contributed by atoms with Gasteiger partial charge in [0.2, 0.25) is 5.91 Å². The minimum atomic E-state index is -0.784. The Morgan fingerprint density at radius 1 is 1.35 bits per heavy atom. The largest absolute Gasteiger partial charge is 0.458 e. The molecule has 0 bridgehead atoms. The molecule has 1 amide bonds. The predicted molar refractivity (Wildman–Crippen MR) is 81.2 cm³/mol. The summed E-state index contributed by atoms with van der Waals surface area (Å²) in [4.78, 5) is 29.7. The maximum absolute atomic E-state index is 12.2. The van der Waals surface area contributed by atoms with E-state index < -0.39 is 17.6 Å². The fourth-order valence-corrected chi connectivity index (χ4v) is 2.51. The standard InChI is InChI=1S/C16H27NO6/c1-11(15(19)23-16(2,3)4)17-13(18)9-12(10-21-17)22-14-7-5-6-8-20-14/h11-12,14H,5-10H2,1-4H3. The Balaban J connectivity index is 1.83. The van der Waals surface area contributed by atoms with Crippen LogP contribution in [0.25, 0.3) is 0 Å². The first-order valence-electron chi connectivity index (χ1n) is 8.21. The van der Waals surface area contributed by atoms with Crippen molar-refractivity contribution in [3.05, 3.63) is 0 Å². The number of amides is 1. The Morgan fingerprint density at radius 2 is 2.09 bits per heavy atom. The highest BCUT2D eigenvalue weighted by molar-refractivity contribution is 5.84. The van der Waals surface area contributed by atoms with Gasteiger partial charge in [0.15, 0.2) is 12.3 Å². The van der Waals surface area contributed by atoms with Crippen molar-refractivity contribution in [1.29, 1.82) is 0 Å². The number of nitrogens with zero attached hydrogens (tertiary/aromatic N) is 1. The summed E-state index contributed by atoms with van der Waals surface area (Å²) in [6.45, 7) is 7.85. The van der Waals surface area contributed by atoms with Crippen LogP contribution in [0, 0.1) is 0 Å². The molecule has 2 aliphatic rings. The van der Waals surface area contributed by atoms with Crippen LogP contribution in [-0.2, 0) is 28.6 Å². The molecule has 23 heavy (non-hydrogen) atoms. The van der Waals surface area contributed by atoms with Crippen LogP contribution in [0.5, 0.6) is 0 Å². The lowest BCUT2D eigenvalue weighted by Crippen LogP contribution is -2.51. The lowest BCUT2D eigenvalue weighted by molar-refractivity contribution is -0.259. The predicted octanol–water partition coefficient (Wildman–Crippen LogP) is 1.79. The lowest BCUT2D eigenvalue weighted by Gasteiger charge is -2.36. The first kappa shape index (κ1) is 18.2. The van der Waals surface area contributed by atoms with E-state index in [0.717, 1.165) is 24.3 Å². The van der Waals surface area contributed by atoms with Gasteiger partial charge in [0.25, 0.3) is 0 Å². The van der Waals surface area contributed by atoms with Crippen molar-refractivity contribution in [2.75, 3.05) is 13.2 Å². The number of carbonyl (C=O) groups is 2. The zero-order valence-corrected chi connectivity index (χ0v) is 14.4. The van der Waals surface area contributed by atoms with E-state index in [4.69, 9.17) is 19.0 Å². The number of hydrogen-bond acceptors (Lipinski definition) is 6. The van der Waals surface area contributed by atoms with E-state index >= 15 is 0 Å². The van der Waals surface area contributed by atoms with Crippen LogP contribution in [0.15, 0.2) is 0 Å². The normalized spacial score (nSPS) is 27.7. The molecule has 0 aliphatic carbocycles. The van der Waals surface area contributed by atoms with Crippen molar-refractivity contribution < 1.29 is 28.6 Å². The van der Waals surface area contributed by atoms with Gasteiger partial charge in [-0.15, -0.1) is 0 Å². The van der Waals surface area contributed by atoms with Crippen LogP contribution in [0.2, 0.25) is 0 Å². The fraction of sp³-hybridized carbons (Fsp3) is 0.875. The van der Waals surface area contributed by atoms with Gasteiger partial charge in [-0.2, -0.15) is 0 Å². The molecule has 2 rings (SSSR count). The molecule has 132 valence electrons. The summed E-state index contributed by atoms with van der Waals surface area (Å²) in [6, 6.07) is -0.784. The molecule has 7 heteroatoms. The quantitative estimate of drug-likeness (QED) is 0.732. The molecule has 2 aliphatic heterocycles. The van der Waals surface area contributed by atoms with Gasteiger partial charge < -0.3 is 14.2 Å². The first-order valence-corrected chi connectivity index (χ1v) is 8.21. The van der Waals surface area contributed by atoms with Crippen LogP contribution in [0.1, 0.15) is 53.4 Å². The average Bonchev–Trinajstić information content (AvgIpc) is 2.46. The molecule has 2 heterocycles. The Labute approximate surface area is 137 Å². The second-order valence-electron chi connectivity index (χ2n) is 6.98. The maximum Gasteiger partial charge on any atom is 0.331 e. The SMILES string of the molecule is CC(C(=O)OC(C)(C)C)N1OCC(OC2CCCCO2)CC1=O. The number of esters is 1. The molecule has 7 nitrogen and oxygen atoms in total. The minimum absolute atomic E-state index is 0.174. The number of hydrogen-bond donors (Lipinski definition) is 0. The second-order valence-corrected chi connectivity index (χ2v) is 6.98. The molecule has 3 unspecified atom stereocenters. The summed E-state index contributed by atoms with van der Waals surface area (Å²) < 4.78 is 16.6. The molecule has 0 spiro atoms. The third-order valence-electron chi connectivity index (χ3n) is 3.63. The molecule has 0 saturated carbocycles. The van der Waals surface area contributed by atoms with Gasteiger partial charge in [-0.25, -0.2) is 9.86 Å². The van der Waals surface area contributed by atoms with E-state index in [0.29, 0.717) is 6.61 Å². The monoisotopic (exact) mass is 329 g/mol. The van der Waals surface area contributed by atoms with E-state index in [1.165, 1.54) is 0 Å². The average molecular weight is 329 g/mol. The summed E-state index contributed by atoms with van der Waals surface area (Å²) in [7, 11) is 0. The van der Waals surface area contributed by atoms with Crippen molar-refractivity contribution in [3.63, 3.8) is 0 Å². The van der Waals surface area contributed by atoms with E-state index in [1.54, 1.807) is 27.7 Å². The summed E-state index contributed by atoms with van der Waals surface area (Å²) in [5.74, 6) is -0.767. The highest BCUT2D eigenvalue weighted by Gasteiger charge is 2.37. The van der Waals surface area contributed by atoms with Crippen molar-refractivity contribution in [2.24, 2.45) is 0 Å². The van der Waals surface area contributed by atoms with E-state index in [-0.39, 0.29) is 31.3 Å². The summed E-state index contributed by atoms with van der Waals surface area (Å²) >= 11 is 0. The molecule has 0 N–H and O–H groups in total. The van der Waals surface area contributed by atoms with Gasteiger partial charge in [0.1, 0.15) is 12.2 Å². The molecule has 0 radical (unpaired) electrons. The lowest BCUT2D eigenvalue weighted by atomic mass is 10.1. The van der Waals surface area contributed by atoms with E-state index in [9.17, 15) is 9.59 Å². The fourth-order valence-electron chi connectivity index (χ4n) is 2.51. The van der Waals surface area contributed by atoms with Crippen molar-refractivity contribution in [1.82, 2.24) is 5.06 Å². The molecule has 2 saturated heterocycles.